The lowest BCUT2D eigenvalue weighted by atomic mass is 10.0. The lowest BCUT2D eigenvalue weighted by molar-refractivity contribution is 0.101. The van der Waals surface area contributed by atoms with Crippen LogP contribution < -0.4 is 0 Å². The summed E-state index contributed by atoms with van der Waals surface area (Å²) in [5.74, 6) is 0.108. The highest BCUT2D eigenvalue weighted by atomic mass is 32.1. The first-order chi connectivity index (χ1) is 9.24. The van der Waals surface area contributed by atoms with Gasteiger partial charge in [0.1, 0.15) is 0 Å². The molecule has 2 nitrogen and oxygen atoms in total. The molecule has 3 heteroatoms. The SMILES string of the molecule is CC(=O)c1ccccc1Cc1nc2ccccc2s1. The molecule has 0 spiro atoms. The highest BCUT2D eigenvalue weighted by Crippen LogP contribution is 2.24. The van der Waals surface area contributed by atoms with Crippen LogP contribution in [0.5, 0.6) is 0 Å². The van der Waals surface area contributed by atoms with Crippen molar-refractivity contribution >= 4 is 27.3 Å². The quantitative estimate of drug-likeness (QED) is 0.669. The molecule has 0 aliphatic heterocycles. The standard InChI is InChI=1S/C16H13NOS/c1-11(18)13-7-3-2-6-12(13)10-16-17-14-8-4-5-9-15(14)19-16/h2-9H,10H2,1H3. The molecule has 3 aromatic rings. The summed E-state index contributed by atoms with van der Waals surface area (Å²) in [5.41, 5.74) is 2.87. The molecule has 0 aliphatic carbocycles. The van der Waals surface area contributed by atoms with E-state index in [0.717, 1.165) is 28.1 Å². The Labute approximate surface area is 115 Å². The van der Waals surface area contributed by atoms with Crippen LogP contribution in [0.25, 0.3) is 10.2 Å². The van der Waals surface area contributed by atoms with E-state index in [9.17, 15) is 4.79 Å². The van der Waals surface area contributed by atoms with E-state index in [1.165, 1.54) is 4.70 Å². The first kappa shape index (κ1) is 12.1. The van der Waals surface area contributed by atoms with Gasteiger partial charge in [-0.25, -0.2) is 4.98 Å². The number of para-hydroxylation sites is 1. The smallest absolute Gasteiger partial charge is 0.160 e. The summed E-state index contributed by atoms with van der Waals surface area (Å²) < 4.78 is 1.19. The van der Waals surface area contributed by atoms with Crippen LogP contribution in [-0.2, 0) is 6.42 Å². The van der Waals surface area contributed by atoms with Crippen LogP contribution in [0.2, 0.25) is 0 Å². The van der Waals surface area contributed by atoms with Gasteiger partial charge in [0.2, 0.25) is 0 Å². The van der Waals surface area contributed by atoms with Crippen molar-refractivity contribution in [1.29, 1.82) is 0 Å². The Kier molecular flexibility index (Phi) is 3.13. The number of thiazole rings is 1. The molecule has 1 heterocycles. The molecule has 3 rings (SSSR count). The molecule has 19 heavy (non-hydrogen) atoms. The van der Waals surface area contributed by atoms with E-state index in [1.54, 1.807) is 18.3 Å². The fraction of sp³-hybridized carbons (Fsp3) is 0.125. The van der Waals surface area contributed by atoms with Crippen molar-refractivity contribution in [2.75, 3.05) is 0 Å². The van der Waals surface area contributed by atoms with Gasteiger partial charge in [0.05, 0.1) is 15.2 Å². The van der Waals surface area contributed by atoms with Gasteiger partial charge in [-0.05, 0) is 24.6 Å². The van der Waals surface area contributed by atoms with Gasteiger partial charge in [-0.15, -0.1) is 11.3 Å². The van der Waals surface area contributed by atoms with Crippen molar-refractivity contribution in [3.05, 3.63) is 64.7 Å². The maximum Gasteiger partial charge on any atom is 0.160 e. The number of hydrogen-bond acceptors (Lipinski definition) is 3. The number of rotatable bonds is 3. The Hall–Kier alpha value is -2.00. The van der Waals surface area contributed by atoms with Crippen LogP contribution in [0.15, 0.2) is 48.5 Å². The molecule has 0 amide bonds. The lowest BCUT2D eigenvalue weighted by Crippen LogP contribution is -1.99. The first-order valence-corrected chi connectivity index (χ1v) is 6.99. The Morgan fingerprint density at radius 3 is 2.63 bits per heavy atom. The molecular formula is C16H13NOS. The number of fused-ring (bicyclic) bond motifs is 1. The van der Waals surface area contributed by atoms with Gasteiger partial charge in [0.25, 0.3) is 0 Å². The molecule has 0 bridgehead atoms. The Balaban J connectivity index is 1.99. The molecule has 0 aliphatic rings. The second kappa shape index (κ2) is 4.94. The zero-order valence-corrected chi connectivity index (χ0v) is 11.4. The van der Waals surface area contributed by atoms with Crippen LogP contribution in [0.1, 0.15) is 27.9 Å². The predicted molar refractivity (Wildman–Crippen MR) is 78.9 cm³/mol. The van der Waals surface area contributed by atoms with Crippen LogP contribution in [0, 0.1) is 0 Å². The summed E-state index contributed by atoms with van der Waals surface area (Å²) >= 11 is 1.69. The Morgan fingerprint density at radius 1 is 1.11 bits per heavy atom. The van der Waals surface area contributed by atoms with Gasteiger partial charge in [0.15, 0.2) is 5.78 Å². The van der Waals surface area contributed by atoms with Gasteiger partial charge in [0, 0.05) is 12.0 Å². The number of carbonyl (C=O) groups is 1. The zero-order valence-electron chi connectivity index (χ0n) is 10.6. The van der Waals surface area contributed by atoms with Gasteiger partial charge in [-0.2, -0.15) is 0 Å². The molecule has 0 saturated carbocycles. The molecule has 2 aromatic carbocycles. The summed E-state index contributed by atoms with van der Waals surface area (Å²) in [7, 11) is 0. The lowest BCUT2D eigenvalue weighted by Gasteiger charge is -2.04. The normalized spacial score (nSPS) is 10.8. The third-order valence-corrected chi connectivity index (χ3v) is 4.11. The van der Waals surface area contributed by atoms with Gasteiger partial charge in [-0.1, -0.05) is 36.4 Å². The average molecular weight is 267 g/mol. The minimum atomic E-state index is 0.108. The number of carbonyl (C=O) groups excluding carboxylic acids is 1. The third-order valence-electron chi connectivity index (χ3n) is 3.08. The fourth-order valence-corrected chi connectivity index (χ4v) is 3.17. The molecule has 0 saturated heterocycles. The van der Waals surface area contributed by atoms with Crippen LogP contribution in [0.4, 0.5) is 0 Å². The average Bonchev–Trinajstić information content (AvgIpc) is 2.81. The summed E-state index contributed by atoms with van der Waals surface area (Å²) in [5, 5.41) is 1.05. The summed E-state index contributed by atoms with van der Waals surface area (Å²) in [6.07, 6.45) is 0.717. The van der Waals surface area contributed by atoms with Gasteiger partial charge in [-0.3, -0.25) is 4.79 Å². The molecule has 0 N–H and O–H groups in total. The van der Waals surface area contributed by atoms with Crippen molar-refractivity contribution in [2.45, 2.75) is 13.3 Å². The fourth-order valence-electron chi connectivity index (χ4n) is 2.18. The van der Waals surface area contributed by atoms with Crippen LogP contribution >= 0.6 is 11.3 Å². The van der Waals surface area contributed by atoms with Crippen molar-refractivity contribution in [3.8, 4) is 0 Å². The van der Waals surface area contributed by atoms with Gasteiger partial charge < -0.3 is 0 Å². The van der Waals surface area contributed by atoms with Gasteiger partial charge >= 0.3 is 0 Å². The maximum atomic E-state index is 11.6. The van der Waals surface area contributed by atoms with Crippen molar-refractivity contribution in [1.82, 2.24) is 4.98 Å². The molecule has 94 valence electrons. The molecule has 0 atom stereocenters. The maximum absolute atomic E-state index is 11.6. The van der Waals surface area contributed by atoms with E-state index in [2.05, 4.69) is 11.1 Å². The largest absolute Gasteiger partial charge is 0.295 e. The topological polar surface area (TPSA) is 30.0 Å². The van der Waals surface area contributed by atoms with Crippen LogP contribution in [0.3, 0.4) is 0 Å². The minimum Gasteiger partial charge on any atom is -0.295 e. The minimum absolute atomic E-state index is 0.108. The highest BCUT2D eigenvalue weighted by Gasteiger charge is 2.09. The Morgan fingerprint density at radius 2 is 1.84 bits per heavy atom. The predicted octanol–water partition coefficient (Wildman–Crippen LogP) is 4.09. The molecule has 1 aromatic heterocycles. The van der Waals surface area contributed by atoms with Crippen LogP contribution in [-0.4, -0.2) is 10.8 Å². The number of ketones is 1. The van der Waals surface area contributed by atoms with Crippen molar-refractivity contribution in [2.24, 2.45) is 0 Å². The molecule has 0 unspecified atom stereocenters. The zero-order chi connectivity index (χ0) is 13.2. The van der Waals surface area contributed by atoms with Crippen molar-refractivity contribution in [3.63, 3.8) is 0 Å². The second-order valence-electron chi connectivity index (χ2n) is 4.47. The van der Waals surface area contributed by atoms with E-state index in [-0.39, 0.29) is 5.78 Å². The number of hydrogen-bond donors (Lipinski definition) is 0. The number of aromatic nitrogens is 1. The van der Waals surface area contributed by atoms with E-state index in [0.29, 0.717) is 0 Å². The highest BCUT2D eigenvalue weighted by molar-refractivity contribution is 7.18. The third kappa shape index (κ3) is 2.42. The van der Waals surface area contributed by atoms with E-state index in [4.69, 9.17) is 0 Å². The second-order valence-corrected chi connectivity index (χ2v) is 5.58. The Bertz CT molecular complexity index is 712. The molecular weight excluding hydrogens is 254 g/mol. The van der Waals surface area contributed by atoms with E-state index >= 15 is 0 Å². The first-order valence-electron chi connectivity index (χ1n) is 6.17. The molecule has 0 fully saturated rings. The summed E-state index contributed by atoms with van der Waals surface area (Å²) in [6.45, 7) is 1.61. The summed E-state index contributed by atoms with van der Waals surface area (Å²) in [6, 6.07) is 15.9. The van der Waals surface area contributed by atoms with E-state index in [1.807, 2.05) is 42.5 Å². The summed E-state index contributed by atoms with van der Waals surface area (Å²) in [4.78, 5) is 16.2. The molecule has 0 radical (unpaired) electrons. The number of Topliss-reactive ketones (excluding diaryl/α,β-unsaturated/α-hetero) is 1. The van der Waals surface area contributed by atoms with E-state index < -0.39 is 0 Å². The monoisotopic (exact) mass is 267 g/mol. The van der Waals surface area contributed by atoms with Crippen molar-refractivity contribution < 1.29 is 4.79 Å². The number of benzene rings is 2. The number of nitrogens with zero attached hydrogens (tertiary/aromatic N) is 1.